The van der Waals surface area contributed by atoms with Gasteiger partial charge in [-0.3, -0.25) is 19.3 Å². The Hall–Kier alpha value is -2.71. The monoisotopic (exact) mass is 452 g/mol. The molecular formula is C25H36N6O2. The third-order valence-electron chi connectivity index (χ3n) is 6.92. The number of hydrogen-bond acceptors (Lipinski definition) is 5. The van der Waals surface area contributed by atoms with Crippen molar-refractivity contribution in [2.24, 2.45) is 7.05 Å². The Morgan fingerprint density at radius 1 is 1.03 bits per heavy atom. The third kappa shape index (κ3) is 5.12. The smallest absolute Gasteiger partial charge is 0.309 e. The number of carbonyl (C=O) groups excluding carboxylic acids is 2. The van der Waals surface area contributed by atoms with Crippen molar-refractivity contribution in [1.82, 2.24) is 29.4 Å². The van der Waals surface area contributed by atoms with Gasteiger partial charge in [0.1, 0.15) is 5.54 Å². The summed E-state index contributed by atoms with van der Waals surface area (Å²) >= 11 is 0. The predicted octanol–water partition coefficient (Wildman–Crippen LogP) is 2.21. The van der Waals surface area contributed by atoms with Crippen molar-refractivity contribution >= 4 is 11.9 Å². The molecule has 1 spiro atoms. The first-order valence-electron chi connectivity index (χ1n) is 11.9. The number of hydrogen-bond donors (Lipinski definition) is 0. The number of urea groups is 1. The van der Waals surface area contributed by atoms with E-state index in [0.717, 1.165) is 39.0 Å². The quantitative estimate of drug-likeness (QED) is 0.546. The SMILES string of the molecule is CN(C)CCCN1C(=O)N(CCc2ccccc2)C2(CCN(Cc3cnn(C)c3)CC2)C1=O. The van der Waals surface area contributed by atoms with Crippen molar-refractivity contribution in [3.05, 3.63) is 53.9 Å². The molecule has 0 aliphatic carbocycles. The Morgan fingerprint density at radius 2 is 1.76 bits per heavy atom. The van der Waals surface area contributed by atoms with E-state index in [9.17, 15) is 9.59 Å². The lowest BCUT2D eigenvalue weighted by Crippen LogP contribution is -2.56. The van der Waals surface area contributed by atoms with E-state index < -0.39 is 5.54 Å². The zero-order chi connectivity index (χ0) is 23.4. The third-order valence-corrected chi connectivity index (χ3v) is 6.92. The number of imide groups is 1. The number of amides is 3. The van der Waals surface area contributed by atoms with Gasteiger partial charge in [0.15, 0.2) is 0 Å². The van der Waals surface area contributed by atoms with E-state index in [-0.39, 0.29) is 11.9 Å². The topological polar surface area (TPSA) is 64.9 Å². The molecule has 0 saturated carbocycles. The van der Waals surface area contributed by atoms with Crippen LogP contribution in [0.25, 0.3) is 0 Å². The molecule has 8 nitrogen and oxygen atoms in total. The van der Waals surface area contributed by atoms with Crippen LogP contribution in [0.4, 0.5) is 4.79 Å². The van der Waals surface area contributed by atoms with Crippen LogP contribution in [0.1, 0.15) is 30.4 Å². The average molecular weight is 453 g/mol. The fourth-order valence-electron chi connectivity index (χ4n) is 5.10. The highest BCUT2D eigenvalue weighted by molar-refractivity contribution is 6.07. The van der Waals surface area contributed by atoms with Gasteiger partial charge in [-0.15, -0.1) is 0 Å². The highest BCUT2D eigenvalue weighted by atomic mass is 16.2. The second-order valence-corrected chi connectivity index (χ2v) is 9.61. The molecule has 2 aliphatic heterocycles. The Balaban J connectivity index is 1.48. The number of piperidine rings is 1. The van der Waals surface area contributed by atoms with Crippen LogP contribution in [0.15, 0.2) is 42.7 Å². The highest BCUT2D eigenvalue weighted by Gasteiger charge is 2.57. The van der Waals surface area contributed by atoms with E-state index in [4.69, 9.17) is 0 Å². The predicted molar refractivity (Wildman–Crippen MR) is 128 cm³/mol. The summed E-state index contributed by atoms with van der Waals surface area (Å²) in [6.45, 7) is 4.32. The summed E-state index contributed by atoms with van der Waals surface area (Å²) in [5, 5.41) is 4.26. The van der Waals surface area contributed by atoms with Crippen LogP contribution < -0.4 is 0 Å². The summed E-state index contributed by atoms with van der Waals surface area (Å²) in [5.41, 5.74) is 1.65. The molecular weight excluding hydrogens is 416 g/mol. The number of aromatic nitrogens is 2. The summed E-state index contributed by atoms with van der Waals surface area (Å²) in [5.74, 6) is 0.000320. The van der Waals surface area contributed by atoms with Crippen molar-refractivity contribution in [3.8, 4) is 0 Å². The van der Waals surface area contributed by atoms with E-state index >= 15 is 0 Å². The largest absolute Gasteiger partial charge is 0.327 e. The van der Waals surface area contributed by atoms with Gasteiger partial charge in [-0.1, -0.05) is 30.3 Å². The second-order valence-electron chi connectivity index (χ2n) is 9.61. The number of aryl methyl sites for hydroxylation is 1. The van der Waals surface area contributed by atoms with Crippen molar-refractivity contribution < 1.29 is 9.59 Å². The molecule has 4 rings (SSSR count). The first-order valence-corrected chi connectivity index (χ1v) is 11.9. The molecule has 0 bridgehead atoms. The van der Waals surface area contributed by atoms with E-state index in [1.165, 1.54) is 16.0 Å². The lowest BCUT2D eigenvalue weighted by atomic mass is 9.85. The van der Waals surface area contributed by atoms with Crippen LogP contribution in [0, 0.1) is 0 Å². The van der Waals surface area contributed by atoms with Gasteiger partial charge in [0, 0.05) is 51.5 Å². The van der Waals surface area contributed by atoms with Crippen LogP contribution >= 0.6 is 0 Å². The van der Waals surface area contributed by atoms with Crippen LogP contribution in [-0.4, -0.2) is 93.7 Å². The summed E-state index contributed by atoms with van der Waals surface area (Å²) in [6, 6.07) is 10.1. The molecule has 8 heteroatoms. The Kier molecular flexibility index (Phi) is 7.14. The maximum atomic E-state index is 13.7. The first kappa shape index (κ1) is 23.4. The fraction of sp³-hybridized carbons (Fsp3) is 0.560. The number of nitrogens with zero attached hydrogens (tertiary/aromatic N) is 6. The lowest BCUT2D eigenvalue weighted by molar-refractivity contribution is -0.135. The summed E-state index contributed by atoms with van der Waals surface area (Å²) < 4.78 is 1.82. The molecule has 2 saturated heterocycles. The van der Waals surface area contributed by atoms with Gasteiger partial charge in [0.05, 0.1) is 6.20 Å². The first-order chi connectivity index (χ1) is 15.9. The molecule has 2 fully saturated rings. The van der Waals surface area contributed by atoms with Crippen molar-refractivity contribution in [2.75, 3.05) is 46.8 Å². The number of likely N-dealkylation sites (tertiary alicyclic amines) is 1. The molecule has 2 aromatic rings. The highest BCUT2D eigenvalue weighted by Crippen LogP contribution is 2.38. The molecule has 0 N–H and O–H groups in total. The van der Waals surface area contributed by atoms with Crippen LogP contribution in [0.5, 0.6) is 0 Å². The minimum Gasteiger partial charge on any atom is -0.309 e. The molecule has 3 heterocycles. The maximum Gasteiger partial charge on any atom is 0.327 e. The van der Waals surface area contributed by atoms with E-state index in [2.05, 4.69) is 27.0 Å². The molecule has 2 aliphatic rings. The maximum absolute atomic E-state index is 13.7. The van der Waals surface area contributed by atoms with Crippen LogP contribution in [0.2, 0.25) is 0 Å². The van der Waals surface area contributed by atoms with Gasteiger partial charge in [-0.05, 0) is 51.9 Å². The van der Waals surface area contributed by atoms with Gasteiger partial charge in [-0.2, -0.15) is 5.10 Å². The molecule has 1 aromatic heterocycles. The normalized spacial score (nSPS) is 18.8. The van der Waals surface area contributed by atoms with Gasteiger partial charge in [0.2, 0.25) is 0 Å². The summed E-state index contributed by atoms with van der Waals surface area (Å²) in [6.07, 6.45) is 6.83. The minimum absolute atomic E-state index is 0.000320. The van der Waals surface area contributed by atoms with Gasteiger partial charge in [0.25, 0.3) is 5.91 Å². The molecule has 0 atom stereocenters. The molecule has 1 aromatic carbocycles. The van der Waals surface area contributed by atoms with E-state index in [1.807, 2.05) is 61.3 Å². The zero-order valence-electron chi connectivity index (χ0n) is 20.1. The van der Waals surface area contributed by atoms with Gasteiger partial charge >= 0.3 is 6.03 Å². The Morgan fingerprint density at radius 3 is 2.39 bits per heavy atom. The van der Waals surface area contributed by atoms with Crippen molar-refractivity contribution in [3.63, 3.8) is 0 Å². The van der Waals surface area contributed by atoms with Crippen LogP contribution in [0.3, 0.4) is 0 Å². The van der Waals surface area contributed by atoms with Gasteiger partial charge < -0.3 is 9.80 Å². The minimum atomic E-state index is -0.713. The molecule has 0 unspecified atom stereocenters. The van der Waals surface area contributed by atoms with Crippen LogP contribution in [-0.2, 0) is 24.8 Å². The van der Waals surface area contributed by atoms with Crippen molar-refractivity contribution in [1.29, 1.82) is 0 Å². The zero-order valence-corrected chi connectivity index (χ0v) is 20.1. The molecule has 178 valence electrons. The number of rotatable bonds is 9. The average Bonchev–Trinajstić information content (AvgIpc) is 3.29. The Bertz CT molecular complexity index is 949. The molecule has 3 amide bonds. The van der Waals surface area contributed by atoms with E-state index in [0.29, 0.717) is 25.9 Å². The summed E-state index contributed by atoms with van der Waals surface area (Å²) in [7, 11) is 5.95. The molecule has 33 heavy (non-hydrogen) atoms. The summed E-state index contributed by atoms with van der Waals surface area (Å²) in [4.78, 5) is 35.0. The number of benzene rings is 1. The number of carbonyl (C=O) groups is 2. The fourth-order valence-corrected chi connectivity index (χ4v) is 5.10. The van der Waals surface area contributed by atoms with E-state index in [1.54, 1.807) is 0 Å². The second kappa shape index (κ2) is 10.1. The molecule has 0 radical (unpaired) electrons. The van der Waals surface area contributed by atoms with Gasteiger partial charge in [-0.25, -0.2) is 4.79 Å². The lowest BCUT2D eigenvalue weighted by Gasteiger charge is -2.42. The van der Waals surface area contributed by atoms with Crippen molar-refractivity contribution in [2.45, 2.75) is 37.8 Å². The standard InChI is InChI=1S/C25H36N6O2/c1-27(2)13-7-14-30-23(32)25(31(24(30)33)15-10-21-8-5-4-6-9-21)11-16-29(17-12-25)20-22-18-26-28(3)19-22/h4-6,8-9,18-19H,7,10-17,20H2,1-3H3. The Labute approximate surface area is 196 Å².